The van der Waals surface area contributed by atoms with Crippen LogP contribution < -0.4 is 4.13 Å². The second kappa shape index (κ2) is 15.0. The first-order valence-electron chi connectivity index (χ1n) is 13.3. The lowest BCUT2D eigenvalue weighted by molar-refractivity contribution is -0.0476. The Morgan fingerprint density at radius 2 is 0.553 bits per heavy atom. The van der Waals surface area contributed by atoms with Crippen molar-refractivity contribution < 1.29 is 43.2 Å². The van der Waals surface area contributed by atoms with E-state index in [1.54, 1.807) is 0 Å². The smallest absolute Gasteiger partial charge is 0.202 e. The summed E-state index contributed by atoms with van der Waals surface area (Å²) in [5.41, 5.74) is -12.3. The number of nitrogens with one attached hydrogen (secondary N) is 1. The molecule has 47 heavy (non-hydrogen) atoms. The van der Waals surface area contributed by atoms with Crippen LogP contribution in [0.5, 0.6) is 0 Å². The highest BCUT2D eigenvalue weighted by molar-refractivity contribution is 8.05. The van der Waals surface area contributed by atoms with Crippen molar-refractivity contribution >= 4 is 41.8 Å². The van der Waals surface area contributed by atoms with Crippen molar-refractivity contribution in [2.45, 2.75) is 40.4 Å². The first-order valence-corrected chi connectivity index (χ1v) is 18.7. The Morgan fingerprint density at radius 3 is 0.745 bits per heavy atom. The van der Waals surface area contributed by atoms with Crippen LogP contribution >= 0.6 is 0 Å². The van der Waals surface area contributed by atoms with Crippen LogP contribution in [0.1, 0.15) is 0 Å². The maximum atomic E-state index is 11.5. The summed E-state index contributed by atoms with van der Waals surface area (Å²) in [4.78, 5) is 8.06. The van der Waals surface area contributed by atoms with Gasteiger partial charge in [0.05, 0.1) is 21.8 Å². The van der Waals surface area contributed by atoms with Crippen LogP contribution in [-0.2, 0) is 41.8 Å². The molecule has 0 amide bonds. The maximum absolute atomic E-state index is 11.5. The topological polar surface area (TPSA) is 80.3 Å². The fraction of sp³-hybridized carbons (Fsp3) is 0.0625. The number of sulfonamides is 2. The standard InChI is InChI=1S/C30H24S2.C2HF6NO4S2/c1-5-13-25(14-6-1)31(26-15-7-2-8-16-26)29-21-23-30(24-22-29)32(27-17-9-3-10-18-27)28-19-11-4-12-20-28;3-1(4,5)14(10,11)9-15(12,13)2(6,7)8/h1-24H;9H/q+2;. The quantitative estimate of drug-likeness (QED) is 0.129. The fourth-order valence-electron chi connectivity index (χ4n) is 3.99. The molecule has 0 atom stereocenters. The maximum Gasteiger partial charge on any atom is 0.512 e. The minimum absolute atomic E-state index is 0.122. The predicted octanol–water partition coefficient (Wildman–Crippen LogP) is 8.15. The van der Waals surface area contributed by atoms with Crippen LogP contribution in [-0.4, -0.2) is 27.9 Å². The molecule has 15 heteroatoms. The molecule has 0 saturated carbocycles. The summed E-state index contributed by atoms with van der Waals surface area (Å²) in [7, 11) is -13.4. The van der Waals surface area contributed by atoms with Crippen molar-refractivity contribution in [3.05, 3.63) is 146 Å². The SMILES string of the molecule is O=S(=O)(NS(=O)(=O)C(F)(F)F)C(F)(F)F.c1ccc([S+](c2ccccc2)c2ccc([S+](c3ccccc3)c3ccccc3)cc2)cc1. The molecule has 0 saturated heterocycles. The molecule has 5 aromatic carbocycles. The number of rotatable bonds is 8. The normalized spacial score (nSPS) is 12.4. The third-order valence-corrected chi connectivity index (χ3v) is 13.5. The van der Waals surface area contributed by atoms with Crippen LogP contribution in [0.15, 0.2) is 175 Å². The van der Waals surface area contributed by atoms with Crippen molar-refractivity contribution in [3.8, 4) is 0 Å². The third-order valence-electron chi connectivity index (χ3n) is 6.04. The Bertz CT molecular complexity index is 1720. The number of alkyl halides is 6. The van der Waals surface area contributed by atoms with E-state index in [-0.39, 0.29) is 21.8 Å². The average molecular weight is 730 g/mol. The van der Waals surface area contributed by atoms with E-state index in [4.69, 9.17) is 0 Å². The summed E-state index contributed by atoms with van der Waals surface area (Å²) in [5.74, 6) is 0. The molecule has 1 N–H and O–H groups in total. The summed E-state index contributed by atoms with van der Waals surface area (Å²) >= 11 is 0. The van der Waals surface area contributed by atoms with Crippen LogP contribution in [0, 0.1) is 0 Å². The van der Waals surface area contributed by atoms with Crippen molar-refractivity contribution in [2.24, 2.45) is 0 Å². The highest BCUT2D eigenvalue weighted by Gasteiger charge is 2.55. The number of hydrogen-bond acceptors (Lipinski definition) is 4. The largest absolute Gasteiger partial charge is 0.512 e. The Morgan fingerprint density at radius 1 is 0.362 bits per heavy atom. The van der Waals surface area contributed by atoms with Gasteiger partial charge in [-0.25, -0.2) is 16.8 Å². The van der Waals surface area contributed by atoms with Gasteiger partial charge in [0.2, 0.25) is 0 Å². The van der Waals surface area contributed by atoms with E-state index < -0.39 is 35.2 Å². The van der Waals surface area contributed by atoms with E-state index in [0.29, 0.717) is 0 Å². The molecule has 0 fully saturated rings. The molecule has 5 rings (SSSR count). The summed E-state index contributed by atoms with van der Waals surface area (Å²) in [6.45, 7) is 0. The van der Waals surface area contributed by atoms with E-state index in [2.05, 4.69) is 146 Å². The first-order chi connectivity index (χ1) is 22.1. The van der Waals surface area contributed by atoms with Gasteiger partial charge in [-0.3, -0.25) is 0 Å². The number of halogens is 6. The Hall–Kier alpha value is -3.76. The second-order valence-electron chi connectivity index (χ2n) is 9.32. The van der Waals surface area contributed by atoms with E-state index in [9.17, 15) is 43.2 Å². The van der Waals surface area contributed by atoms with Gasteiger partial charge in [-0.2, -0.15) is 26.3 Å². The summed E-state index contributed by atoms with van der Waals surface area (Å²) < 4.78 is 108. The molecule has 0 spiro atoms. The molecule has 0 radical (unpaired) electrons. The molecule has 5 aromatic rings. The minimum Gasteiger partial charge on any atom is -0.202 e. The molecule has 0 heterocycles. The zero-order valence-electron chi connectivity index (χ0n) is 23.9. The number of hydrogen-bond donors (Lipinski definition) is 1. The van der Waals surface area contributed by atoms with E-state index >= 15 is 0 Å². The molecule has 0 aromatic heterocycles. The molecular formula is C32H25F6NO4S4+2. The summed E-state index contributed by atoms with van der Waals surface area (Å²) in [5, 5.41) is 0. The molecule has 0 aliphatic carbocycles. The Labute approximate surface area is 274 Å². The Kier molecular flexibility index (Phi) is 11.5. The molecule has 5 nitrogen and oxygen atoms in total. The van der Waals surface area contributed by atoms with Crippen molar-refractivity contribution in [1.29, 1.82) is 0 Å². The van der Waals surface area contributed by atoms with Gasteiger partial charge >= 0.3 is 31.1 Å². The highest BCUT2D eigenvalue weighted by atomic mass is 32.3. The van der Waals surface area contributed by atoms with Crippen LogP contribution in [0.4, 0.5) is 26.3 Å². The van der Waals surface area contributed by atoms with Crippen LogP contribution in [0.3, 0.4) is 0 Å². The first kappa shape index (κ1) is 36.1. The lowest BCUT2D eigenvalue weighted by atomic mass is 10.3. The van der Waals surface area contributed by atoms with Gasteiger partial charge in [0.25, 0.3) is 0 Å². The van der Waals surface area contributed by atoms with Crippen molar-refractivity contribution in [3.63, 3.8) is 0 Å². The van der Waals surface area contributed by atoms with Crippen LogP contribution in [0.2, 0.25) is 0 Å². The minimum atomic E-state index is -6.60. The molecular weight excluding hydrogens is 705 g/mol. The third kappa shape index (κ3) is 9.20. The molecule has 0 aliphatic rings. The molecule has 0 unspecified atom stereocenters. The second-order valence-corrected chi connectivity index (χ2v) is 17.0. The van der Waals surface area contributed by atoms with Gasteiger partial charge in [-0.05, 0) is 72.8 Å². The predicted molar refractivity (Wildman–Crippen MR) is 170 cm³/mol. The van der Waals surface area contributed by atoms with Gasteiger partial charge in [-0.1, -0.05) is 76.9 Å². The lowest BCUT2D eigenvalue weighted by Crippen LogP contribution is -2.45. The monoisotopic (exact) mass is 729 g/mol. The summed E-state index contributed by atoms with van der Waals surface area (Å²) in [6.07, 6.45) is 0. The fourth-order valence-corrected chi connectivity index (χ4v) is 10.1. The van der Waals surface area contributed by atoms with Crippen molar-refractivity contribution in [2.75, 3.05) is 0 Å². The lowest BCUT2D eigenvalue weighted by Gasteiger charge is -2.11. The van der Waals surface area contributed by atoms with Gasteiger partial charge in [0.1, 0.15) is 0 Å². The molecule has 246 valence electrons. The van der Waals surface area contributed by atoms with E-state index in [1.165, 1.54) is 29.4 Å². The molecule has 0 bridgehead atoms. The molecule has 0 aliphatic heterocycles. The van der Waals surface area contributed by atoms with Gasteiger partial charge in [-0.15, -0.1) is 0 Å². The van der Waals surface area contributed by atoms with Gasteiger partial charge in [0, 0.05) is 0 Å². The zero-order valence-corrected chi connectivity index (χ0v) is 27.2. The highest BCUT2D eigenvalue weighted by Crippen LogP contribution is 2.35. The van der Waals surface area contributed by atoms with Gasteiger partial charge < -0.3 is 0 Å². The number of benzene rings is 5. The van der Waals surface area contributed by atoms with E-state index in [1.807, 2.05) is 0 Å². The Balaban J connectivity index is 0.000000284. The van der Waals surface area contributed by atoms with Crippen molar-refractivity contribution in [1.82, 2.24) is 4.13 Å². The zero-order chi connectivity index (χ0) is 34.3. The summed E-state index contributed by atoms with van der Waals surface area (Å²) in [6, 6.07) is 52.6. The average Bonchev–Trinajstić information content (AvgIpc) is 3.03. The van der Waals surface area contributed by atoms with E-state index in [0.717, 1.165) is 0 Å². The van der Waals surface area contributed by atoms with Gasteiger partial charge in [0.15, 0.2) is 29.4 Å². The van der Waals surface area contributed by atoms with Crippen LogP contribution in [0.25, 0.3) is 0 Å².